The Balaban J connectivity index is 2.69. The molecule has 0 radical (unpaired) electrons. The summed E-state index contributed by atoms with van der Waals surface area (Å²) in [5, 5.41) is 2.26. The van der Waals surface area contributed by atoms with Crippen LogP contribution in [0.2, 0.25) is 0 Å². The molecule has 20 heavy (non-hydrogen) atoms. The van der Waals surface area contributed by atoms with Gasteiger partial charge in [0.25, 0.3) is 5.91 Å². The first-order valence-corrected chi connectivity index (χ1v) is 6.19. The summed E-state index contributed by atoms with van der Waals surface area (Å²) in [6.07, 6.45) is -4.84. The summed E-state index contributed by atoms with van der Waals surface area (Å²) < 4.78 is 56.0. The molecule has 1 aromatic rings. The molecule has 0 aliphatic heterocycles. The largest absolute Gasteiger partial charge is 0.419 e. The third-order valence-corrected chi connectivity index (χ3v) is 2.46. The van der Waals surface area contributed by atoms with Gasteiger partial charge in [0, 0.05) is 12.4 Å². The van der Waals surface area contributed by atoms with Crippen molar-refractivity contribution in [2.24, 2.45) is 0 Å². The third-order valence-electron chi connectivity index (χ3n) is 2.30. The Morgan fingerprint density at radius 1 is 1.30 bits per heavy atom. The quantitative estimate of drug-likeness (QED) is 0.498. The average molecular weight is 314 g/mol. The van der Waals surface area contributed by atoms with Gasteiger partial charge in [-0.2, -0.15) is 13.2 Å². The molecule has 0 fully saturated rings. The Hall–Kier alpha value is -1.34. The van der Waals surface area contributed by atoms with Gasteiger partial charge in [-0.1, -0.05) is 6.07 Å². The predicted octanol–water partition coefficient (Wildman–Crippen LogP) is 2.83. The lowest BCUT2D eigenvalue weighted by Gasteiger charge is -2.11. The van der Waals surface area contributed by atoms with Gasteiger partial charge >= 0.3 is 6.18 Å². The summed E-state index contributed by atoms with van der Waals surface area (Å²) in [5.74, 6) is -2.22. The second-order valence-electron chi connectivity index (χ2n) is 3.72. The number of carbonyl (C=O) groups is 1. The zero-order chi connectivity index (χ0) is 15.2. The van der Waals surface area contributed by atoms with Gasteiger partial charge in [-0.25, -0.2) is 4.39 Å². The number of carbonyl (C=O) groups excluding carboxylic acids is 1. The van der Waals surface area contributed by atoms with E-state index in [2.05, 4.69) is 5.32 Å². The van der Waals surface area contributed by atoms with Crippen molar-refractivity contribution in [3.8, 4) is 0 Å². The van der Waals surface area contributed by atoms with E-state index in [1.807, 2.05) is 0 Å². The van der Waals surface area contributed by atoms with Crippen molar-refractivity contribution < 1.29 is 27.1 Å². The molecule has 8 heteroatoms. The predicted molar refractivity (Wildman–Crippen MR) is 65.3 cm³/mol. The number of alkyl halides is 4. The van der Waals surface area contributed by atoms with Crippen molar-refractivity contribution >= 4 is 17.5 Å². The summed E-state index contributed by atoms with van der Waals surface area (Å²) in [5.41, 5.74) is -2.12. The smallest absolute Gasteiger partial charge is 0.378 e. The van der Waals surface area contributed by atoms with Crippen LogP contribution in [0.15, 0.2) is 18.2 Å². The summed E-state index contributed by atoms with van der Waals surface area (Å²) in [7, 11) is 0. The lowest BCUT2D eigenvalue weighted by molar-refractivity contribution is -0.140. The highest BCUT2D eigenvalue weighted by atomic mass is 35.5. The molecule has 1 amide bonds. The van der Waals surface area contributed by atoms with E-state index in [0.29, 0.717) is 6.07 Å². The third kappa shape index (κ3) is 4.64. The fourth-order valence-corrected chi connectivity index (χ4v) is 1.52. The number of ether oxygens (including phenoxy) is 1. The highest BCUT2D eigenvalue weighted by molar-refractivity contribution is 6.17. The topological polar surface area (TPSA) is 38.3 Å². The van der Waals surface area contributed by atoms with Gasteiger partial charge < -0.3 is 10.1 Å². The monoisotopic (exact) mass is 313 g/mol. The molecular formula is C12H12ClF4NO2. The molecule has 0 bridgehead atoms. The molecule has 112 valence electrons. The van der Waals surface area contributed by atoms with E-state index in [0.717, 1.165) is 12.1 Å². The molecule has 3 nitrogen and oxygen atoms in total. The van der Waals surface area contributed by atoms with Crippen molar-refractivity contribution in [2.45, 2.75) is 6.18 Å². The second-order valence-corrected chi connectivity index (χ2v) is 4.10. The van der Waals surface area contributed by atoms with Crippen LogP contribution < -0.4 is 5.32 Å². The van der Waals surface area contributed by atoms with Gasteiger partial charge in [-0.05, 0) is 12.1 Å². The van der Waals surface area contributed by atoms with Gasteiger partial charge in [-0.3, -0.25) is 4.79 Å². The molecule has 0 saturated heterocycles. The average Bonchev–Trinajstić information content (AvgIpc) is 2.37. The fraction of sp³-hybridized carbons (Fsp3) is 0.417. The molecule has 0 unspecified atom stereocenters. The summed E-state index contributed by atoms with van der Waals surface area (Å²) in [6, 6.07) is 2.54. The zero-order valence-corrected chi connectivity index (χ0v) is 11.0. The van der Waals surface area contributed by atoms with Gasteiger partial charge in [0.05, 0.1) is 24.3 Å². The van der Waals surface area contributed by atoms with E-state index in [1.54, 1.807) is 0 Å². The molecular weight excluding hydrogens is 302 g/mol. The lowest BCUT2D eigenvalue weighted by Crippen LogP contribution is -2.29. The number of nitrogens with one attached hydrogen (secondary N) is 1. The molecule has 0 heterocycles. The molecule has 0 atom stereocenters. The van der Waals surface area contributed by atoms with Crippen LogP contribution in [0.25, 0.3) is 0 Å². The van der Waals surface area contributed by atoms with Crippen molar-refractivity contribution in [3.05, 3.63) is 35.1 Å². The van der Waals surface area contributed by atoms with Crippen LogP contribution in [-0.2, 0) is 10.9 Å². The van der Waals surface area contributed by atoms with Crippen LogP contribution in [0.4, 0.5) is 17.6 Å². The number of hydrogen-bond donors (Lipinski definition) is 1. The van der Waals surface area contributed by atoms with Crippen LogP contribution in [0.1, 0.15) is 15.9 Å². The minimum Gasteiger partial charge on any atom is -0.378 e. The van der Waals surface area contributed by atoms with E-state index in [9.17, 15) is 22.4 Å². The Morgan fingerprint density at radius 3 is 2.60 bits per heavy atom. The number of benzene rings is 1. The van der Waals surface area contributed by atoms with Crippen LogP contribution in [-0.4, -0.2) is 31.5 Å². The van der Waals surface area contributed by atoms with Crippen LogP contribution in [0.5, 0.6) is 0 Å². The van der Waals surface area contributed by atoms with E-state index in [-0.39, 0.29) is 25.6 Å². The Labute approximate surface area is 117 Å². The number of amides is 1. The SMILES string of the molecule is O=C(NCCOCCCl)c1cccc(C(F)(F)F)c1F. The first-order valence-electron chi connectivity index (χ1n) is 5.65. The second kappa shape index (κ2) is 7.44. The first-order chi connectivity index (χ1) is 9.38. The molecule has 0 aromatic heterocycles. The number of rotatable bonds is 6. The van der Waals surface area contributed by atoms with Crippen LogP contribution >= 0.6 is 11.6 Å². The molecule has 0 aliphatic carbocycles. The number of hydrogen-bond acceptors (Lipinski definition) is 2. The van der Waals surface area contributed by atoms with Gasteiger partial charge in [-0.15, -0.1) is 11.6 Å². The summed E-state index contributed by atoms with van der Waals surface area (Å²) >= 11 is 5.35. The minimum atomic E-state index is -4.84. The Kier molecular flexibility index (Phi) is 6.22. The lowest BCUT2D eigenvalue weighted by atomic mass is 10.1. The highest BCUT2D eigenvalue weighted by Gasteiger charge is 2.35. The molecule has 1 N–H and O–H groups in total. The van der Waals surface area contributed by atoms with Crippen LogP contribution in [0, 0.1) is 5.82 Å². The molecule has 0 aliphatic rings. The highest BCUT2D eigenvalue weighted by Crippen LogP contribution is 2.32. The Morgan fingerprint density at radius 2 is 2.00 bits per heavy atom. The number of halogens is 5. The van der Waals surface area contributed by atoms with Crippen molar-refractivity contribution in [3.63, 3.8) is 0 Å². The van der Waals surface area contributed by atoms with E-state index in [4.69, 9.17) is 16.3 Å². The normalized spacial score (nSPS) is 11.4. The summed E-state index contributed by atoms with van der Waals surface area (Å²) in [4.78, 5) is 11.6. The van der Waals surface area contributed by atoms with E-state index < -0.39 is 29.0 Å². The summed E-state index contributed by atoms with van der Waals surface area (Å²) in [6.45, 7) is 0.472. The maximum Gasteiger partial charge on any atom is 0.419 e. The van der Waals surface area contributed by atoms with Crippen molar-refractivity contribution in [1.82, 2.24) is 5.32 Å². The van der Waals surface area contributed by atoms with Crippen LogP contribution in [0.3, 0.4) is 0 Å². The molecule has 0 spiro atoms. The fourth-order valence-electron chi connectivity index (χ4n) is 1.41. The first kappa shape index (κ1) is 16.7. The zero-order valence-electron chi connectivity index (χ0n) is 10.3. The molecule has 1 aromatic carbocycles. The van der Waals surface area contributed by atoms with E-state index in [1.165, 1.54) is 0 Å². The van der Waals surface area contributed by atoms with Crippen molar-refractivity contribution in [1.29, 1.82) is 0 Å². The maximum absolute atomic E-state index is 13.6. The minimum absolute atomic E-state index is 0.0470. The van der Waals surface area contributed by atoms with Gasteiger partial charge in [0.2, 0.25) is 0 Å². The molecule has 1 rings (SSSR count). The Bertz CT molecular complexity index is 465. The van der Waals surface area contributed by atoms with E-state index >= 15 is 0 Å². The van der Waals surface area contributed by atoms with Gasteiger partial charge in [0.15, 0.2) is 0 Å². The van der Waals surface area contributed by atoms with Crippen molar-refractivity contribution in [2.75, 3.05) is 25.6 Å². The van der Waals surface area contributed by atoms with Gasteiger partial charge in [0.1, 0.15) is 5.82 Å². The maximum atomic E-state index is 13.6. The standard InChI is InChI=1S/C12H12ClF4NO2/c13-4-6-20-7-5-18-11(19)8-2-1-3-9(10(8)14)12(15,16)17/h1-3H,4-7H2,(H,18,19). The molecule has 0 saturated carbocycles.